The summed E-state index contributed by atoms with van der Waals surface area (Å²) in [6.07, 6.45) is 2.82. The average Bonchev–Trinajstić information content (AvgIpc) is 2.97. The summed E-state index contributed by atoms with van der Waals surface area (Å²) in [5.41, 5.74) is 8.06. The monoisotopic (exact) mass is 379 g/mol. The molecule has 3 aromatic rings. The number of hydrogen-bond acceptors (Lipinski definition) is 5. The van der Waals surface area contributed by atoms with E-state index in [2.05, 4.69) is 32.4 Å². The number of halogens is 2. The smallest absolute Gasteiger partial charge is 0.226 e. The van der Waals surface area contributed by atoms with E-state index in [1.54, 1.807) is 0 Å². The van der Waals surface area contributed by atoms with Crippen molar-refractivity contribution in [1.82, 2.24) is 15.0 Å². The topological polar surface area (TPSA) is 88.8 Å². The first-order valence-corrected chi connectivity index (χ1v) is 8.70. The van der Waals surface area contributed by atoms with Gasteiger partial charge >= 0.3 is 0 Å². The molecule has 2 heterocycles. The Balaban J connectivity index is 1.71. The van der Waals surface area contributed by atoms with Gasteiger partial charge in [0.1, 0.15) is 6.61 Å². The Morgan fingerprint density at radius 2 is 2.08 bits per heavy atom. The molecule has 0 bridgehead atoms. The highest BCUT2D eigenvalue weighted by atomic mass is 35.5. The van der Waals surface area contributed by atoms with Crippen LogP contribution in [0.3, 0.4) is 0 Å². The minimum Gasteiger partial charge on any atom is -0.485 e. The second-order valence-corrected chi connectivity index (χ2v) is 6.48. The summed E-state index contributed by atoms with van der Waals surface area (Å²) in [7, 11) is 0. The average molecular weight is 380 g/mol. The summed E-state index contributed by atoms with van der Waals surface area (Å²) < 4.78 is 5.63. The molecule has 0 aliphatic carbocycles. The maximum absolute atomic E-state index is 6.13. The number of aromatic amines is 1. The van der Waals surface area contributed by atoms with Gasteiger partial charge in [0.2, 0.25) is 5.28 Å². The number of anilines is 1. The van der Waals surface area contributed by atoms with Crippen molar-refractivity contribution < 1.29 is 4.74 Å². The number of nitrogens with zero attached hydrogens (tertiary/aromatic N) is 2. The lowest BCUT2D eigenvalue weighted by Gasteiger charge is -2.14. The number of nitrogens with two attached hydrogens (primary N) is 1. The Labute approximate surface area is 155 Å². The van der Waals surface area contributed by atoms with Crippen LogP contribution in [0, 0.1) is 0 Å². The fraction of sp³-hybridized carbons (Fsp3) is 0.294. The lowest BCUT2D eigenvalue weighted by atomic mass is 10.1. The summed E-state index contributed by atoms with van der Waals surface area (Å²) >= 11 is 12.0. The molecule has 4 N–H and O–H groups in total. The maximum atomic E-state index is 6.13. The highest BCUT2D eigenvalue weighted by Gasteiger charge is 2.15. The molecule has 132 valence electrons. The summed E-state index contributed by atoms with van der Waals surface area (Å²) in [5, 5.41) is 4.65. The van der Waals surface area contributed by atoms with Gasteiger partial charge in [-0.2, -0.15) is 4.98 Å². The van der Waals surface area contributed by atoms with Gasteiger partial charge in [-0.1, -0.05) is 29.8 Å². The van der Waals surface area contributed by atoms with E-state index in [0.29, 0.717) is 24.7 Å². The summed E-state index contributed by atoms with van der Waals surface area (Å²) in [5.74, 6) is 0.827. The molecule has 3 rings (SSSR count). The fourth-order valence-corrected chi connectivity index (χ4v) is 2.95. The molecule has 6 nitrogen and oxygen atoms in total. The summed E-state index contributed by atoms with van der Waals surface area (Å²) in [6.45, 7) is 2.79. The molecule has 0 amide bonds. The Hall–Kier alpha value is -2.02. The SMILES string of the molecule is CC(N)COc1c(Cl)nc(Cl)nc1NCCc1c[nH]c2ccccc12. The standard InChI is InChI=1S/C17H19Cl2N5O/c1-10(20)9-25-14-15(18)23-17(19)24-16(14)21-7-6-11-8-22-13-5-3-2-4-12(11)13/h2-5,8,10,22H,6-7,9,20H2,1H3,(H,21,23,24). The molecular formula is C17H19Cl2N5O. The first-order valence-electron chi connectivity index (χ1n) is 7.95. The number of H-pyrrole nitrogens is 1. The predicted octanol–water partition coefficient (Wildman–Crippen LogP) is 3.65. The van der Waals surface area contributed by atoms with Crippen molar-refractivity contribution in [2.75, 3.05) is 18.5 Å². The number of aromatic nitrogens is 3. The van der Waals surface area contributed by atoms with E-state index in [4.69, 9.17) is 33.7 Å². The van der Waals surface area contributed by atoms with Crippen LogP contribution in [0.5, 0.6) is 5.75 Å². The van der Waals surface area contributed by atoms with Crippen LogP contribution in [-0.4, -0.2) is 34.1 Å². The number of ether oxygens (including phenoxy) is 1. The number of benzene rings is 1. The highest BCUT2D eigenvalue weighted by Crippen LogP contribution is 2.31. The Kier molecular flexibility index (Phi) is 5.63. The molecule has 0 aliphatic heterocycles. The van der Waals surface area contributed by atoms with E-state index in [1.807, 2.05) is 25.3 Å². The van der Waals surface area contributed by atoms with Gasteiger partial charge in [-0.15, -0.1) is 0 Å². The molecule has 0 fully saturated rings. The lowest BCUT2D eigenvalue weighted by molar-refractivity contribution is 0.295. The molecule has 0 radical (unpaired) electrons. The van der Waals surface area contributed by atoms with Gasteiger partial charge in [-0.3, -0.25) is 0 Å². The van der Waals surface area contributed by atoms with Crippen molar-refractivity contribution in [2.24, 2.45) is 5.73 Å². The zero-order chi connectivity index (χ0) is 17.8. The normalized spacial score (nSPS) is 12.3. The first-order chi connectivity index (χ1) is 12.0. The van der Waals surface area contributed by atoms with Crippen LogP contribution in [0.4, 0.5) is 5.82 Å². The van der Waals surface area contributed by atoms with E-state index in [-0.39, 0.29) is 16.5 Å². The van der Waals surface area contributed by atoms with Crippen LogP contribution < -0.4 is 15.8 Å². The lowest BCUT2D eigenvalue weighted by Crippen LogP contribution is -2.24. The third-order valence-electron chi connectivity index (χ3n) is 3.65. The maximum Gasteiger partial charge on any atom is 0.226 e. The van der Waals surface area contributed by atoms with Crippen molar-refractivity contribution in [3.05, 3.63) is 46.5 Å². The van der Waals surface area contributed by atoms with Crippen molar-refractivity contribution in [2.45, 2.75) is 19.4 Å². The third kappa shape index (κ3) is 4.34. The van der Waals surface area contributed by atoms with Crippen molar-refractivity contribution in [3.8, 4) is 5.75 Å². The van der Waals surface area contributed by atoms with Crippen LogP contribution in [-0.2, 0) is 6.42 Å². The van der Waals surface area contributed by atoms with Crippen LogP contribution in [0.15, 0.2) is 30.5 Å². The molecule has 1 atom stereocenters. The number of para-hydroxylation sites is 1. The van der Waals surface area contributed by atoms with E-state index >= 15 is 0 Å². The molecular weight excluding hydrogens is 361 g/mol. The van der Waals surface area contributed by atoms with E-state index in [1.165, 1.54) is 10.9 Å². The quantitative estimate of drug-likeness (QED) is 0.430. The van der Waals surface area contributed by atoms with Crippen molar-refractivity contribution in [3.63, 3.8) is 0 Å². The molecule has 1 aromatic carbocycles. The van der Waals surface area contributed by atoms with Crippen LogP contribution in [0.1, 0.15) is 12.5 Å². The number of rotatable bonds is 7. The van der Waals surface area contributed by atoms with E-state index < -0.39 is 0 Å². The number of fused-ring (bicyclic) bond motifs is 1. The van der Waals surface area contributed by atoms with Crippen molar-refractivity contribution in [1.29, 1.82) is 0 Å². The number of nitrogens with one attached hydrogen (secondary N) is 2. The molecule has 0 aliphatic rings. The molecule has 8 heteroatoms. The minimum atomic E-state index is -0.134. The molecule has 2 aromatic heterocycles. The second-order valence-electron chi connectivity index (χ2n) is 5.79. The molecule has 0 spiro atoms. The largest absolute Gasteiger partial charge is 0.485 e. The van der Waals surface area contributed by atoms with Gasteiger partial charge in [-0.25, -0.2) is 4.98 Å². The van der Waals surface area contributed by atoms with Crippen molar-refractivity contribution >= 4 is 39.9 Å². The van der Waals surface area contributed by atoms with Gasteiger partial charge in [0.05, 0.1) is 0 Å². The van der Waals surface area contributed by atoms with E-state index in [0.717, 1.165) is 11.9 Å². The Morgan fingerprint density at radius 3 is 2.88 bits per heavy atom. The zero-order valence-electron chi connectivity index (χ0n) is 13.7. The van der Waals surface area contributed by atoms with E-state index in [9.17, 15) is 0 Å². The molecule has 0 saturated carbocycles. The van der Waals surface area contributed by atoms with Gasteiger partial charge in [0.25, 0.3) is 0 Å². The van der Waals surface area contributed by atoms with Gasteiger partial charge in [0.15, 0.2) is 16.7 Å². The summed E-state index contributed by atoms with van der Waals surface area (Å²) in [4.78, 5) is 11.4. The highest BCUT2D eigenvalue weighted by molar-refractivity contribution is 6.33. The fourth-order valence-electron chi connectivity index (χ4n) is 2.51. The molecule has 1 unspecified atom stereocenters. The van der Waals surface area contributed by atoms with Crippen LogP contribution >= 0.6 is 23.2 Å². The second kappa shape index (κ2) is 7.91. The Morgan fingerprint density at radius 1 is 1.28 bits per heavy atom. The zero-order valence-corrected chi connectivity index (χ0v) is 15.2. The summed E-state index contributed by atoms with van der Waals surface area (Å²) in [6, 6.07) is 8.04. The Bertz CT molecular complexity index is 865. The van der Waals surface area contributed by atoms with Crippen LogP contribution in [0.2, 0.25) is 10.4 Å². The van der Waals surface area contributed by atoms with Gasteiger partial charge in [0, 0.05) is 29.7 Å². The van der Waals surface area contributed by atoms with Crippen LogP contribution in [0.25, 0.3) is 10.9 Å². The number of hydrogen-bond donors (Lipinski definition) is 3. The predicted molar refractivity (Wildman–Crippen MR) is 102 cm³/mol. The first kappa shape index (κ1) is 17.8. The molecule has 25 heavy (non-hydrogen) atoms. The minimum absolute atomic E-state index is 0.0627. The van der Waals surface area contributed by atoms with Gasteiger partial charge < -0.3 is 20.8 Å². The molecule has 0 saturated heterocycles. The third-order valence-corrected chi connectivity index (χ3v) is 4.07. The van der Waals surface area contributed by atoms with Gasteiger partial charge in [-0.05, 0) is 36.6 Å².